The minimum Gasteiger partial charge on any atom is -0.493 e. The summed E-state index contributed by atoms with van der Waals surface area (Å²) in [6.07, 6.45) is 3.93. The Morgan fingerprint density at radius 3 is 2.71 bits per heavy atom. The number of imidazole rings is 2. The number of fused-ring (bicyclic) bond motifs is 2. The lowest BCUT2D eigenvalue weighted by Crippen LogP contribution is -1.92. The second kappa shape index (κ2) is 4.34. The largest absolute Gasteiger partial charge is 0.493 e. The molecule has 104 valence electrons. The fraction of sp³-hybridized carbons (Fsp3) is 0.125. The molecule has 5 nitrogen and oxygen atoms in total. The van der Waals surface area contributed by atoms with Crippen LogP contribution in [0.4, 0.5) is 0 Å². The summed E-state index contributed by atoms with van der Waals surface area (Å²) in [5.74, 6) is 1.60. The molecule has 0 saturated heterocycles. The molecule has 0 N–H and O–H groups in total. The Hall–Kier alpha value is -2.82. The minimum absolute atomic E-state index is 0.752. The molecule has 0 aliphatic carbocycles. The first-order valence-corrected chi connectivity index (χ1v) is 6.71. The summed E-state index contributed by atoms with van der Waals surface area (Å²) in [5.41, 5.74) is 3.69. The molecule has 4 aromatic rings. The van der Waals surface area contributed by atoms with E-state index in [2.05, 4.69) is 20.6 Å². The van der Waals surface area contributed by atoms with Crippen LogP contribution in [0.1, 0.15) is 0 Å². The fourth-order valence-corrected chi connectivity index (χ4v) is 2.63. The molecule has 3 heterocycles. The lowest BCUT2D eigenvalue weighted by atomic mass is 10.3. The third-order valence-electron chi connectivity index (χ3n) is 3.68. The van der Waals surface area contributed by atoms with Crippen molar-refractivity contribution in [3.8, 4) is 17.3 Å². The van der Waals surface area contributed by atoms with E-state index in [0.717, 1.165) is 33.9 Å². The Labute approximate surface area is 121 Å². The molecular formula is C16H14N4O. The highest BCUT2D eigenvalue weighted by atomic mass is 16.5. The Kier molecular flexibility index (Phi) is 2.47. The van der Waals surface area contributed by atoms with Crippen molar-refractivity contribution in [2.75, 3.05) is 7.11 Å². The molecule has 5 heteroatoms. The number of pyridine rings is 1. The topological polar surface area (TPSA) is 44.4 Å². The van der Waals surface area contributed by atoms with Crippen LogP contribution in [0.2, 0.25) is 0 Å². The van der Waals surface area contributed by atoms with Gasteiger partial charge in [-0.25, -0.2) is 9.97 Å². The van der Waals surface area contributed by atoms with E-state index >= 15 is 0 Å². The first kappa shape index (κ1) is 12.0. The van der Waals surface area contributed by atoms with Crippen molar-refractivity contribution in [3.05, 3.63) is 48.8 Å². The summed E-state index contributed by atoms with van der Waals surface area (Å²) >= 11 is 0. The van der Waals surface area contributed by atoms with Crippen LogP contribution in [-0.4, -0.2) is 26.0 Å². The fourth-order valence-electron chi connectivity index (χ4n) is 2.63. The van der Waals surface area contributed by atoms with Gasteiger partial charge in [-0.1, -0.05) is 12.1 Å². The van der Waals surface area contributed by atoms with Gasteiger partial charge in [0.05, 0.1) is 18.1 Å². The maximum atomic E-state index is 5.36. The minimum atomic E-state index is 0.752. The zero-order valence-electron chi connectivity index (χ0n) is 11.8. The number of benzene rings is 1. The van der Waals surface area contributed by atoms with Gasteiger partial charge in [0, 0.05) is 19.4 Å². The SMILES string of the molecule is COc1cccn2cc(-c3nc4ccccc4n3C)nc12. The molecule has 0 aliphatic rings. The normalized spacial score (nSPS) is 11.3. The zero-order chi connectivity index (χ0) is 14.4. The van der Waals surface area contributed by atoms with Crippen LogP contribution in [-0.2, 0) is 7.05 Å². The lowest BCUT2D eigenvalue weighted by Gasteiger charge is -1.99. The molecule has 1 aromatic carbocycles. The second-order valence-electron chi connectivity index (χ2n) is 4.92. The third-order valence-corrected chi connectivity index (χ3v) is 3.68. The van der Waals surface area contributed by atoms with Crippen LogP contribution in [0.3, 0.4) is 0 Å². The van der Waals surface area contributed by atoms with Crippen LogP contribution in [0, 0.1) is 0 Å². The van der Waals surface area contributed by atoms with E-state index < -0.39 is 0 Å². The molecule has 0 aliphatic heterocycles. The summed E-state index contributed by atoms with van der Waals surface area (Å²) in [6.45, 7) is 0. The van der Waals surface area contributed by atoms with Crippen molar-refractivity contribution in [1.29, 1.82) is 0 Å². The third kappa shape index (κ3) is 1.71. The van der Waals surface area contributed by atoms with Gasteiger partial charge in [0.15, 0.2) is 17.2 Å². The number of para-hydroxylation sites is 2. The molecule has 3 aromatic heterocycles. The van der Waals surface area contributed by atoms with E-state index in [1.165, 1.54) is 0 Å². The van der Waals surface area contributed by atoms with Gasteiger partial charge in [0.1, 0.15) is 5.69 Å². The lowest BCUT2D eigenvalue weighted by molar-refractivity contribution is 0.417. The van der Waals surface area contributed by atoms with Crippen molar-refractivity contribution in [3.63, 3.8) is 0 Å². The van der Waals surface area contributed by atoms with Crippen LogP contribution < -0.4 is 4.74 Å². The predicted octanol–water partition coefficient (Wildman–Crippen LogP) is 2.90. The number of rotatable bonds is 2. The van der Waals surface area contributed by atoms with Gasteiger partial charge in [-0.2, -0.15) is 0 Å². The summed E-state index contributed by atoms with van der Waals surface area (Å²) in [6, 6.07) is 11.9. The van der Waals surface area contributed by atoms with E-state index in [4.69, 9.17) is 4.74 Å². The average Bonchev–Trinajstić information content (AvgIpc) is 3.08. The van der Waals surface area contributed by atoms with Gasteiger partial charge < -0.3 is 13.7 Å². The molecule has 0 saturated carbocycles. The maximum Gasteiger partial charge on any atom is 0.180 e. The Morgan fingerprint density at radius 2 is 1.90 bits per heavy atom. The smallest absolute Gasteiger partial charge is 0.180 e. The van der Waals surface area contributed by atoms with E-state index in [1.807, 2.05) is 54.2 Å². The van der Waals surface area contributed by atoms with Crippen molar-refractivity contribution in [1.82, 2.24) is 18.9 Å². The Morgan fingerprint density at radius 1 is 1.05 bits per heavy atom. The van der Waals surface area contributed by atoms with E-state index in [1.54, 1.807) is 7.11 Å². The van der Waals surface area contributed by atoms with Gasteiger partial charge in [-0.05, 0) is 24.3 Å². The summed E-state index contributed by atoms with van der Waals surface area (Å²) in [5, 5.41) is 0. The second-order valence-corrected chi connectivity index (χ2v) is 4.92. The van der Waals surface area contributed by atoms with Gasteiger partial charge in [-0.15, -0.1) is 0 Å². The summed E-state index contributed by atoms with van der Waals surface area (Å²) in [7, 11) is 3.66. The summed E-state index contributed by atoms with van der Waals surface area (Å²) in [4.78, 5) is 9.34. The van der Waals surface area contributed by atoms with Crippen molar-refractivity contribution >= 4 is 16.7 Å². The Bertz CT molecular complexity index is 951. The van der Waals surface area contributed by atoms with Crippen LogP contribution >= 0.6 is 0 Å². The number of nitrogens with zero attached hydrogens (tertiary/aromatic N) is 4. The first-order valence-electron chi connectivity index (χ1n) is 6.71. The molecule has 0 atom stereocenters. The molecular weight excluding hydrogens is 264 g/mol. The molecule has 4 rings (SSSR count). The van der Waals surface area contributed by atoms with E-state index in [0.29, 0.717) is 0 Å². The van der Waals surface area contributed by atoms with Crippen LogP contribution in [0.5, 0.6) is 5.75 Å². The standard InChI is InChI=1S/C16H14N4O/c1-19-13-7-4-3-6-11(13)17-15(19)12-10-20-9-5-8-14(21-2)16(20)18-12/h3-10H,1-2H3. The quantitative estimate of drug-likeness (QED) is 0.566. The van der Waals surface area contributed by atoms with Gasteiger partial charge >= 0.3 is 0 Å². The van der Waals surface area contributed by atoms with Crippen LogP contribution in [0.25, 0.3) is 28.2 Å². The highest BCUT2D eigenvalue weighted by molar-refractivity contribution is 5.80. The molecule has 0 bridgehead atoms. The Balaban J connectivity index is 1.98. The molecule has 0 radical (unpaired) electrons. The van der Waals surface area contributed by atoms with Crippen molar-refractivity contribution < 1.29 is 4.74 Å². The van der Waals surface area contributed by atoms with Crippen molar-refractivity contribution in [2.24, 2.45) is 7.05 Å². The van der Waals surface area contributed by atoms with E-state index in [-0.39, 0.29) is 0 Å². The molecule has 0 fully saturated rings. The number of ether oxygens (including phenoxy) is 1. The summed E-state index contributed by atoms with van der Waals surface area (Å²) < 4.78 is 9.37. The van der Waals surface area contributed by atoms with E-state index in [9.17, 15) is 0 Å². The van der Waals surface area contributed by atoms with Gasteiger partial charge in [-0.3, -0.25) is 0 Å². The molecule has 21 heavy (non-hydrogen) atoms. The van der Waals surface area contributed by atoms with Gasteiger partial charge in [0.25, 0.3) is 0 Å². The average molecular weight is 278 g/mol. The van der Waals surface area contributed by atoms with Crippen LogP contribution in [0.15, 0.2) is 48.8 Å². The number of hydrogen-bond acceptors (Lipinski definition) is 3. The number of aryl methyl sites for hydroxylation is 1. The highest BCUT2D eigenvalue weighted by Crippen LogP contribution is 2.26. The zero-order valence-corrected chi connectivity index (χ0v) is 11.8. The maximum absolute atomic E-state index is 5.36. The van der Waals surface area contributed by atoms with Gasteiger partial charge in [0.2, 0.25) is 0 Å². The molecule has 0 unspecified atom stereocenters. The number of methoxy groups -OCH3 is 1. The molecule has 0 spiro atoms. The monoisotopic (exact) mass is 278 g/mol. The highest BCUT2D eigenvalue weighted by Gasteiger charge is 2.14. The number of hydrogen-bond donors (Lipinski definition) is 0. The first-order chi connectivity index (χ1) is 10.3. The predicted molar refractivity (Wildman–Crippen MR) is 81.5 cm³/mol. The van der Waals surface area contributed by atoms with Crippen molar-refractivity contribution in [2.45, 2.75) is 0 Å². The number of aromatic nitrogens is 4. The molecule has 0 amide bonds.